The molecule has 244 valence electrons. The van der Waals surface area contributed by atoms with E-state index in [4.69, 9.17) is 25.8 Å². The van der Waals surface area contributed by atoms with E-state index in [1.807, 2.05) is 4.90 Å². The van der Waals surface area contributed by atoms with Gasteiger partial charge >= 0.3 is 6.09 Å². The maximum absolute atomic E-state index is 15.8. The molecule has 46 heavy (non-hydrogen) atoms. The standard InChI is InChI=1S/C30H31ClF2N6O6S/c1-34-30(40)45-12-11-38(2)26-8-6-5-7-24(26)37-25-15-23(33)28(14-22(25)31)46(41,42)39(29-35-16-20(32)17-36-29)18-19-9-10-21(43-3)13-27(19)44-4/h5-10,13-17,37H,11-12,18H2,1-4H3,(H,34,40). The van der Waals surface area contributed by atoms with Gasteiger partial charge in [0.1, 0.15) is 28.8 Å². The summed E-state index contributed by atoms with van der Waals surface area (Å²) in [6, 6.07) is 13.7. The van der Waals surface area contributed by atoms with E-state index in [1.54, 1.807) is 49.5 Å². The summed E-state index contributed by atoms with van der Waals surface area (Å²) in [5.74, 6) is -1.58. The number of anilines is 4. The van der Waals surface area contributed by atoms with Gasteiger partial charge in [-0.2, -0.15) is 0 Å². The maximum atomic E-state index is 15.8. The van der Waals surface area contributed by atoms with Gasteiger partial charge in [0, 0.05) is 31.8 Å². The highest BCUT2D eigenvalue weighted by Crippen LogP contribution is 2.36. The van der Waals surface area contributed by atoms with Crippen LogP contribution in [-0.2, 0) is 21.3 Å². The summed E-state index contributed by atoms with van der Waals surface area (Å²) in [5.41, 5.74) is 1.65. The number of aromatic nitrogens is 2. The van der Waals surface area contributed by atoms with Crippen LogP contribution in [0.3, 0.4) is 0 Å². The third-order valence-electron chi connectivity index (χ3n) is 6.68. The minimum Gasteiger partial charge on any atom is -0.497 e. The molecule has 0 aliphatic rings. The second kappa shape index (κ2) is 14.9. The van der Waals surface area contributed by atoms with Crippen molar-refractivity contribution in [2.75, 3.05) is 56.0 Å². The highest BCUT2D eigenvalue weighted by atomic mass is 35.5. The van der Waals surface area contributed by atoms with E-state index < -0.39 is 45.1 Å². The lowest BCUT2D eigenvalue weighted by Crippen LogP contribution is -2.33. The third-order valence-corrected chi connectivity index (χ3v) is 8.73. The van der Waals surface area contributed by atoms with Crippen molar-refractivity contribution in [1.82, 2.24) is 15.3 Å². The molecule has 1 heterocycles. The van der Waals surface area contributed by atoms with Crippen molar-refractivity contribution >= 4 is 50.7 Å². The number of likely N-dealkylation sites (N-methyl/N-ethyl adjacent to an activating group) is 1. The number of nitrogens with one attached hydrogen (secondary N) is 2. The average Bonchev–Trinajstić information content (AvgIpc) is 3.05. The Labute approximate surface area is 269 Å². The summed E-state index contributed by atoms with van der Waals surface area (Å²) in [5, 5.41) is 5.31. The molecule has 0 bridgehead atoms. The van der Waals surface area contributed by atoms with E-state index in [-0.39, 0.29) is 23.1 Å². The second-order valence-corrected chi connectivity index (χ2v) is 11.8. The molecular formula is C30H31ClF2N6O6S. The Hall–Kier alpha value is -4.89. The molecule has 0 saturated carbocycles. The highest BCUT2D eigenvalue weighted by Gasteiger charge is 2.32. The molecule has 0 radical (unpaired) electrons. The van der Waals surface area contributed by atoms with Gasteiger partial charge in [0.15, 0.2) is 5.82 Å². The topological polar surface area (TPSA) is 135 Å². The van der Waals surface area contributed by atoms with Gasteiger partial charge in [-0.05, 0) is 30.3 Å². The van der Waals surface area contributed by atoms with Crippen LogP contribution in [0.25, 0.3) is 0 Å². The van der Waals surface area contributed by atoms with Gasteiger partial charge in [-0.25, -0.2) is 36.3 Å². The van der Waals surface area contributed by atoms with Gasteiger partial charge in [0.25, 0.3) is 10.0 Å². The first kappa shape index (κ1) is 34.0. The fraction of sp³-hybridized carbons (Fsp3) is 0.233. The number of carbonyl (C=O) groups excluding carboxylic acids is 1. The van der Waals surface area contributed by atoms with Crippen LogP contribution >= 0.6 is 11.6 Å². The van der Waals surface area contributed by atoms with Crippen LogP contribution in [0.1, 0.15) is 5.56 Å². The quantitative estimate of drug-likeness (QED) is 0.191. The molecule has 0 atom stereocenters. The van der Waals surface area contributed by atoms with Crippen molar-refractivity contribution in [2.45, 2.75) is 11.4 Å². The summed E-state index contributed by atoms with van der Waals surface area (Å²) >= 11 is 6.53. The number of para-hydroxylation sites is 2. The molecule has 0 aliphatic carbocycles. The van der Waals surface area contributed by atoms with Crippen LogP contribution < -0.4 is 29.3 Å². The predicted octanol–water partition coefficient (Wildman–Crippen LogP) is 5.36. The number of hydrogen-bond acceptors (Lipinski definition) is 10. The van der Waals surface area contributed by atoms with Crippen LogP contribution in [-0.4, -0.2) is 65.9 Å². The lowest BCUT2D eigenvalue weighted by molar-refractivity contribution is 0.151. The lowest BCUT2D eigenvalue weighted by atomic mass is 10.2. The summed E-state index contributed by atoms with van der Waals surface area (Å²) < 4.78 is 73.9. The van der Waals surface area contributed by atoms with Crippen LogP contribution in [0.5, 0.6) is 11.5 Å². The average molecular weight is 677 g/mol. The zero-order chi connectivity index (χ0) is 33.4. The normalized spacial score (nSPS) is 11.0. The van der Waals surface area contributed by atoms with E-state index in [0.29, 0.717) is 29.2 Å². The van der Waals surface area contributed by atoms with Gasteiger partial charge in [-0.1, -0.05) is 23.7 Å². The summed E-state index contributed by atoms with van der Waals surface area (Å²) in [6.07, 6.45) is 1.03. The predicted molar refractivity (Wildman–Crippen MR) is 170 cm³/mol. The van der Waals surface area contributed by atoms with Crippen LogP contribution in [0.4, 0.5) is 36.6 Å². The summed E-state index contributed by atoms with van der Waals surface area (Å²) in [4.78, 5) is 20.1. The molecule has 0 saturated heterocycles. The smallest absolute Gasteiger partial charge is 0.406 e. The first-order chi connectivity index (χ1) is 22.0. The fourth-order valence-corrected chi connectivity index (χ4v) is 6.00. The number of rotatable bonds is 13. The zero-order valence-corrected chi connectivity index (χ0v) is 26.8. The lowest BCUT2D eigenvalue weighted by Gasteiger charge is -2.25. The maximum Gasteiger partial charge on any atom is 0.406 e. The number of benzene rings is 3. The molecule has 16 heteroatoms. The van der Waals surface area contributed by atoms with Crippen molar-refractivity contribution in [1.29, 1.82) is 0 Å². The molecule has 4 rings (SSSR count). The molecule has 0 spiro atoms. The van der Waals surface area contributed by atoms with Crippen LogP contribution in [0, 0.1) is 11.6 Å². The SMILES string of the molecule is CNC(=O)OCCN(C)c1ccccc1Nc1cc(F)c(S(=O)(=O)N(Cc2ccc(OC)cc2OC)c2ncc(F)cn2)cc1Cl. The summed E-state index contributed by atoms with van der Waals surface area (Å²) in [6.45, 7) is 0.0380. The molecule has 1 amide bonds. The highest BCUT2D eigenvalue weighted by molar-refractivity contribution is 7.92. The molecule has 12 nitrogen and oxygen atoms in total. The molecule has 1 aromatic heterocycles. The molecule has 0 unspecified atom stereocenters. The van der Waals surface area contributed by atoms with Crippen molar-refractivity contribution in [3.05, 3.63) is 89.2 Å². The van der Waals surface area contributed by atoms with Crippen molar-refractivity contribution in [2.24, 2.45) is 0 Å². The number of halogens is 3. The summed E-state index contributed by atoms with van der Waals surface area (Å²) in [7, 11) is 1.35. The first-order valence-electron chi connectivity index (χ1n) is 13.6. The van der Waals surface area contributed by atoms with Gasteiger partial charge in [-0.15, -0.1) is 0 Å². The van der Waals surface area contributed by atoms with E-state index in [2.05, 4.69) is 20.6 Å². The number of amides is 1. The van der Waals surface area contributed by atoms with Crippen molar-refractivity contribution in [3.63, 3.8) is 0 Å². The van der Waals surface area contributed by atoms with E-state index in [9.17, 15) is 17.6 Å². The number of methoxy groups -OCH3 is 2. The largest absolute Gasteiger partial charge is 0.497 e. The van der Waals surface area contributed by atoms with E-state index >= 15 is 4.39 Å². The van der Waals surface area contributed by atoms with E-state index in [0.717, 1.165) is 28.8 Å². The van der Waals surface area contributed by atoms with Crippen LogP contribution in [0.15, 0.2) is 71.9 Å². The van der Waals surface area contributed by atoms with Crippen LogP contribution in [0.2, 0.25) is 5.02 Å². The van der Waals surface area contributed by atoms with Gasteiger partial charge in [-0.3, -0.25) is 0 Å². The fourth-order valence-electron chi connectivity index (χ4n) is 4.30. The number of carbonyl (C=O) groups is 1. The van der Waals surface area contributed by atoms with Crippen molar-refractivity contribution < 1.29 is 36.2 Å². The third kappa shape index (κ3) is 7.84. The Kier molecular flexibility index (Phi) is 11.0. The van der Waals surface area contributed by atoms with Gasteiger partial charge < -0.3 is 29.7 Å². The Bertz CT molecular complexity index is 1800. The molecule has 2 N–H and O–H groups in total. The number of ether oxygens (including phenoxy) is 3. The monoisotopic (exact) mass is 676 g/mol. The van der Waals surface area contributed by atoms with Gasteiger partial charge in [0.05, 0.1) is 61.8 Å². The number of sulfonamides is 1. The number of hydrogen-bond donors (Lipinski definition) is 2. The Balaban J connectivity index is 1.68. The minimum absolute atomic E-state index is 0.0852. The Morgan fingerprint density at radius 3 is 2.39 bits per heavy atom. The zero-order valence-electron chi connectivity index (χ0n) is 25.3. The minimum atomic E-state index is -4.73. The van der Waals surface area contributed by atoms with E-state index in [1.165, 1.54) is 21.3 Å². The Morgan fingerprint density at radius 2 is 1.72 bits per heavy atom. The number of nitrogens with zero attached hydrogens (tertiary/aromatic N) is 4. The molecule has 0 aliphatic heterocycles. The Morgan fingerprint density at radius 1 is 1.00 bits per heavy atom. The second-order valence-electron chi connectivity index (χ2n) is 9.60. The van der Waals surface area contributed by atoms with Crippen molar-refractivity contribution in [3.8, 4) is 11.5 Å². The molecule has 3 aromatic carbocycles. The molecule has 0 fully saturated rings. The number of alkyl carbamates (subject to hydrolysis) is 1. The molecule has 4 aromatic rings. The molecular weight excluding hydrogens is 646 g/mol. The first-order valence-corrected chi connectivity index (χ1v) is 15.4. The van der Waals surface area contributed by atoms with Gasteiger partial charge in [0.2, 0.25) is 5.95 Å².